The first-order valence-electron chi connectivity index (χ1n) is 5.39. The van der Waals surface area contributed by atoms with Crippen molar-refractivity contribution in [3.63, 3.8) is 0 Å². The van der Waals surface area contributed by atoms with E-state index in [0.29, 0.717) is 13.1 Å². The van der Waals surface area contributed by atoms with Crippen LogP contribution in [0.1, 0.15) is 29.4 Å². The van der Waals surface area contributed by atoms with Crippen molar-refractivity contribution in [3.05, 3.63) is 22.4 Å². The van der Waals surface area contributed by atoms with E-state index >= 15 is 0 Å². The van der Waals surface area contributed by atoms with Gasteiger partial charge in [-0.05, 0) is 31.2 Å². The highest BCUT2D eigenvalue weighted by Crippen LogP contribution is 2.30. The quantitative estimate of drug-likeness (QED) is 0.749. The number of likely N-dealkylation sites (tertiary alicyclic amines) is 1. The van der Waals surface area contributed by atoms with E-state index < -0.39 is 0 Å². The topological polar surface area (TPSA) is 44.1 Å². The van der Waals surface area contributed by atoms with Gasteiger partial charge in [0.2, 0.25) is 0 Å². The Morgan fingerprint density at radius 2 is 2.25 bits per heavy atom. The van der Waals surface area contributed by atoms with Gasteiger partial charge in [-0.1, -0.05) is 6.07 Å². The average molecular weight is 234 g/mol. The summed E-state index contributed by atoms with van der Waals surface area (Å²) in [5, 5.41) is 10.9. The number of nitrogens with zero attached hydrogens (tertiary/aromatic N) is 2. The van der Waals surface area contributed by atoms with Gasteiger partial charge in [0.25, 0.3) is 5.91 Å². The molecule has 2 rings (SSSR count). The number of carbonyl (C=O) groups excluding carboxylic acids is 1. The Bertz CT molecular complexity index is 411. The lowest BCUT2D eigenvalue weighted by molar-refractivity contribution is 0.0666. The average Bonchev–Trinajstić information content (AvgIpc) is 2.83. The van der Waals surface area contributed by atoms with Gasteiger partial charge in [0.15, 0.2) is 0 Å². The Labute approximate surface area is 99.3 Å². The maximum atomic E-state index is 12.0. The maximum absolute atomic E-state index is 12.0. The molecule has 1 aromatic heterocycles. The predicted octanol–water partition coefficient (Wildman–Crippen LogP) is 2.51. The maximum Gasteiger partial charge on any atom is 0.263 e. The summed E-state index contributed by atoms with van der Waals surface area (Å²) in [5.41, 5.74) is -0.244. The lowest BCUT2D eigenvalue weighted by Crippen LogP contribution is -2.41. The molecule has 0 bridgehead atoms. The molecule has 0 unspecified atom stereocenters. The van der Waals surface area contributed by atoms with Crippen LogP contribution in [0.15, 0.2) is 17.5 Å². The molecule has 1 amide bonds. The van der Waals surface area contributed by atoms with Crippen LogP contribution in [-0.4, -0.2) is 23.9 Å². The molecule has 3 nitrogen and oxygen atoms in total. The Morgan fingerprint density at radius 1 is 1.56 bits per heavy atom. The molecule has 2 heterocycles. The second-order valence-corrected chi connectivity index (χ2v) is 5.39. The van der Waals surface area contributed by atoms with Crippen molar-refractivity contribution >= 4 is 17.2 Å². The monoisotopic (exact) mass is 234 g/mol. The molecule has 4 heteroatoms. The fourth-order valence-electron chi connectivity index (χ4n) is 1.87. The van der Waals surface area contributed by atoms with Gasteiger partial charge >= 0.3 is 0 Å². The third kappa shape index (κ3) is 2.10. The molecule has 0 aromatic carbocycles. The van der Waals surface area contributed by atoms with Crippen LogP contribution >= 0.6 is 11.3 Å². The van der Waals surface area contributed by atoms with E-state index in [0.717, 1.165) is 17.7 Å². The minimum absolute atomic E-state index is 0.106. The number of nitriles is 1. The fourth-order valence-corrected chi connectivity index (χ4v) is 2.56. The molecule has 0 aliphatic carbocycles. The van der Waals surface area contributed by atoms with Gasteiger partial charge in [-0.3, -0.25) is 4.79 Å². The first kappa shape index (κ1) is 11.2. The Hall–Kier alpha value is -1.34. The Kier molecular flexibility index (Phi) is 2.97. The van der Waals surface area contributed by atoms with Gasteiger partial charge in [-0.2, -0.15) is 5.26 Å². The smallest absolute Gasteiger partial charge is 0.263 e. The largest absolute Gasteiger partial charge is 0.338 e. The van der Waals surface area contributed by atoms with E-state index in [1.807, 2.05) is 29.3 Å². The van der Waals surface area contributed by atoms with Crippen molar-refractivity contribution in [3.8, 4) is 6.07 Å². The van der Waals surface area contributed by atoms with Crippen molar-refractivity contribution in [2.24, 2.45) is 5.41 Å². The van der Waals surface area contributed by atoms with Gasteiger partial charge < -0.3 is 4.90 Å². The van der Waals surface area contributed by atoms with Gasteiger partial charge in [0, 0.05) is 13.1 Å². The molecule has 0 radical (unpaired) electrons. The van der Waals surface area contributed by atoms with E-state index in [1.54, 1.807) is 0 Å². The summed E-state index contributed by atoms with van der Waals surface area (Å²) in [7, 11) is 0. The van der Waals surface area contributed by atoms with Gasteiger partial charge in [-0.25, -0.2) is 0 Å². The van der Waals surface area contributed by atoms with E-state index in [2.05, 4.69) is 6.07 Å². The molecule has 1 fully saturated rings. The number of amides is 1. The molecule has 0 atom stereocenters. The number of piperidine rings is 1. The number of carbonyl (C=O) groups is 1. The predicted molar refractivity (Wildman–Crippen MR) is 63.2 cm³/mol. The lowest BCUT2D eigenvalue weighted by atomic mass is 9.82. The fraction of sp³-hybridized carbons (Fsp3) is 0.500. The molecule has 1 saturated heterocycles. The Balaban J connectivity index is 2.00. The minimum Gasteiger partial charge on any atom is -0.338 e. The van der Waals surface area contributed by atoms with Gasteiger partial charge in [-0.15, -0.1) is 11.3 Å². The van der Waals surface area contributed by atoms with Crippen LogP contribution in [-0.2, 0) is 0 Å². The van der Waals surface area contributed by atoms with Crippen molar-refractivity contribution in [2.75, 3.05) is 13.1 Å². The zero-order chi connectivity index (χ0) is 11.6. The molecule has 0 saturated carbocycles. The summed E-state index contributed by atoms with van der Waals surface area (Å²) in [4.78, 5) is 14.7. The second-order valence-electron chi connectivity index (χ2n) is 4.44. The summed E-state index contributed by atoms with van der Waals surface area (Å²) in [5.74, 6) is 0.106. The summed E-state index contributed by atoms with van der Waals surface area (Å²) in [6, 6.07) is 6.08. The first-order chi connectivity index (χ1) is 7.64. The van der Waals surface area contributed by atoms with E-state index in [4.69, 9.17) is 5.26 Å². The zero-order valence-corrected chi connectivity index (χ0v) is 10.1. The summed E-state index contributed by atoms with van der Waals surface area (Å²) in [6.07, 6.45) is 1.56. The number of hydrogen-bond acceptors (Lipinski definition) is 3. The third-order valence-corrected chi connectivity index (χ3v) is 4.01. The first-order valence-corrected chi connectivity index (χ1v) is 6.27. The normalized spacial score (nSPS) is 19.1. The molecular weight excluding hydrogens is 220 g/mol. The molecule has 16 heavy (non-hydrogen) atoms. The van der Waals surface area contributed by atoms with Crippen LogP contribution in [0.2, 0.25) is 0 Å². The van der Waals surface area contributed by atoms with E-state index in [-0.39, 0.29) is 11.3 Å². The van der Waals surface area contributed by atoms with Crippen molar-refractivity contribution in [2.45, 2.75) is 19.8 Å². The van der Waals surface area contributed by atoms with Crippen LogP contribution in [0.5, 0.6) is 0 Å². The molecule has 84 valence electrons. The van der Waals surface area contributed by atoms with Crippen LogP contribution in [0.25, 0.3) is 0 Å². The molecule has 0 spiro atoms. The SMILES string of the molecule is CC1(C#N)CCN(C(=O)c2cccs2)CC1. The number of hydrogen-bond donors (Lipinski definition) is 0. The third-order valence-electron chi connectivity index (χ3n) is 3.16. The number of thiophene rings is 1. The van der Waals surface area contributed by atoms with Crippen LogP contribution < -0.4 is 0 Å². The standard InChI is InChI=1S/C12H14N2OS/c1-12(9-13)4-6-14(7-5-12)11(15)10-3-2-8-16-10/h2-3,8H,4-7H2,1H3. The molecule has 1 aliphatic heterocycles. The molecule has 0 N–H and O–H groups in total. The minimum atomic E-state index is -0.244. The second kappa shape index (κ2) is 4.26. The van der Waals surface area contributed by atoms with Crippen LogP contribution in [0.3, 0.4) is 0 Å². The Morgan fingerprint density at radius 3 is 2.75 bits per heavy atom. The molecule has 1 aliphatic rings. The van der Waals surface area contributed by atoms with Gasteiger partial charge in [0.1, 0.15) is 0 Å². The van der Waals surface area contributed by atoms with Crippen molar-refractivity contribution in [1.82, 2.24) is 4.90 Å². The summed E-state index contributed by atoms with van der Waals surface area (Å²) in [6.45, 7) is 3.36. The zero-order valence-electron chi connectivity index (χ0n) is 9.27. The summed E-state index contributed by atoms with van der Waals surface area (Å²) < 4.78 is 0. The van der Waals surface area contributed by atoms with Gasteiger partial charge in [0.05, 0.1) is 16.4 Å². The summed E-state index contributed by atoms with van der Waals surface area (Å²) >= 11 is 1.47. The number of rotatable bonds is 1. The van der Waals surface area contributed by atoms with E-state index in [1.165, 1.54) is 11.3 Å². The highest BCUT2D eigenvalue weighted by Gasteiger charge is 2.32. The van der Waals surface area contributed by atoms with Crippen molar-refractivity contribution in [1.29, 1.82) is 5.26 Å². The molecular formula is C12H14N2OS. The highest BCUT2D eigenvalue weighted by atomic mass is 32.1. The van der Waals surface area contributed by atoms with Crippen LogP contribution in [0.4, 0.5) is 0 Å². The highest BCUT2D eigenvalue weighted by molar-refractivity contribution is 7.12. The molecule has 1 aromatic rings. The van der Waals surface area contributed by atoms with Crippen LogP contribution in [0, 0.1) is 16.7 Å². The lowest BCUT2D eigenvalue weighted by Gasteiger charge is -2.34. The van der Waals surface area contributed by atoms with E-state index in [9.17, 15) is 4.79 Å². The van der Waals surface area contributed by atoms with Crippen molar-refractivity contribution < 1.29 is 4.79 Å².